The van der Waals surface area contributed by atoms with Crippen molar-refractivity contribution in [3.63, 3.8) is 0 Å². The number of aliphatic hydroxyl groups is 1. The van der Waals surface area contributed by atoms with Gasteiger partial charge in [-0.3, -0.25) is 9.80 Å². The van der Waals surface area contributed by atoms with Crippen molar-refractivity contribution in [2.24, 2.45) is 5.41 Å². The van der Waals surface area contributed by atoms with Gasteiger partial charge in [0.2, 0.25) is 0 Å². The van der Waals surface area contributed by atoms with Crippen molar-refractivity contribution >= 4 is 27.5 Å². The number of fused-ring (bicyclic) bond motifs is 3. The molecule has 0 spiro atoms. The van der Waals surface area contributed by atoms with Gasteiger partial charge in [-0.25, -0.2) is 5.01 Å². The second kappa shape index (κ2) is 5.07. The number of carbonyl (C=O) groups is 1. The zero-order valence-electron chi connectivity index (χ0n) is 13.7. The van der Waals surface area contributed by atoms with Crippen LogP contribution in [-0.4, -0.2) is 22.6 Å². The number of para-hydroxylation sites is 1. The molecule has 4 rings (SSSR count). The van der Waals surface area contributed by atoms with E-state index in [1.165, 1.54) is 0 Å². The monoisotopic (exact) mass is 386 g/mol. The standard InChI is InChI=1S/C19H19BrN2O2/c1-18(2)12-21-16-6-4-3-5-13(16)11-19(24,22(21)17(18)23)14-7-9-15(20)10-8-14/h3-10,24H,11-12H2,1-2H3. The maximum Gasteiger partial charge on any atom is 0.251 e. The van der Waals surface area contributed by atoms with Crippen LogP contribution in [0.3, 0.4) is 0 Å². The third-order valence-electron chi connectivity index (χ3n) is 4.92. The van der Waals surface area contributed by atoms with E-state index in [9.17, 15) is 9.90 Å². The number of anilines is 1. The van der Waals surface area contributed by atoms with E-state index >= 15 is 0 Å². The Morgan fingerprint density at radius 2 is 1.75 bits per heavy atom. The van der Waals surface area contributed by atoms with Crippen LogP contribution in [0, 0.1) is 5.41 Å². The number of carbonyl (C=O) groups excluding carboxylic acids is 1. The van der Waals surface area contributed by atoms with E-state index in [1.807, 2.05) is 67.4 Å². The Hall–Kier alpha value is -1.85. The van der Waals surface area contributed by atoms with E-state index in [4.69, 9.17) is 0 Å². The van der Waals surface area contributed by atoms with Gasteiger partial charge >= 0.3 is 0 Å². The van der Waals surface area contributed by atoms with E-state index in [2.05, 4.69) is 15.9 Å². The van der Waals surface area contributed by atoms with E-state index < -0.39 is 11.1 Å². The second-order valence-corrected chi connectivity index (χ2v) is 8.10. The average Bonchev–Trinajstić information content (AvgIpc) is 2.79. The first-order valence-corrected chi connectivity index (χ1v) is 8.81. The number of nitrogens with zero attached hydrogens (tertiary/aromatic N) is 2. The summed E-state index contributed by atoms with van der Waals surface area (Å²) >= 11 is 3.43. The Kier molecular flexibility index (Phi) is 3.31. The molecule has 0 radical (unpaired) electrons. The lowest BCUT2D eigenvalue weighted by Crippen LogP contribution is -2.58. The van der Waals surface area contributed by atoms with Crippen molar-refractivity contribution in [1.82, 2.24) is 5.01 Å². The maximum atomic E-state index is 13.0. The highest BCUT2D eigenvalue weighted by Gasteiger charge is 2.56. The third-order valence-corrected chi connectivity index (χ3v) is 5.45. The molecule has 5 heteroatoms. The molecular formula is C19H19BrN2O2. The van der Waals surface area contributed by atoms with Gasteiger partial charge in [-0.15, -0.1) is 0 Å². The largest absolute Gasteiger partial charge is 0.365 e. The van der Waals surface area contributed by atoms with E-state index in [0.717, 1.165) is 21.3 Å². The molecule has 0 bridgehead atoms. The number of hydrogen-bond acceptors (Lipinski definition) is 3. The molecule has 2 heterocycles. The van der Waals surface area contributed by atoms with Crippen molar-refractivity contribution in [1.29, 1.82) is 0 Å². The summed E-state index contributed by atoms with van der Waals surface area (Å²) in [6.45, 7) is 4.41. The molecule has 2 aliphatic rings. The molecular weight excluding hydrogens is 368 g/mol. The van der Waals surface area contributed by atoms with E-state index in [0.29, 0.717) is 13.0 Å². The van der Waals surface area contributed by atoms with Crippen molar-refractivity contribution < 1.29 is 9.90 Å². The molecule has 0 saturated carbocycles. The summed E-state index contributed by atoms with van der Waals surface area (Å²) in [5.41, 5.74) is 0.847. The van der Waals surface area contributed by atoms with E-state index in [-0.39, 0.29) is 5.91 Å². The van der Waals surface area contributed by atoms with Gasteiger partial charge < -0.3 is 5.11 Å². The van der Waals surface area contributed by atoms with E-state index in [1.54, 1.807) is 5.01 Å². The number of halogens is 1. The molecule has 1 N–H and O–H groups in total. The molecule has 0 aromatic heterocycles. The Balaban J connectivity index is 1.92. The molecule has 0 aliphatic carbocycles. The molecule has 1 atom stereocenters. The van der Waals surface area contributed by atoms with Gasteiger partial charge in [-0.1, -0.05) is 46.3 Å². The van der Waals surface area contributed by atoms with Gasteiger partial charge in [0.1, 0.15) is 0 Å². The number of rotatable bonds is 1. The Morgan fingerprint density at radius 1 is 1.08 bits per heavy atom. The summed E-state index contributed by atoms with van der Waals surface area (Å²) in [6.07, 6.45) is 0.378. The number of hydrazine groups is 1. The van der Waals surface area contributed by atoms with Gasteiger partial charge in [0, 0.05) is 16.5 Å². The minimum atomic E-state index is -1.38. The fourth-order valence-corrected chi connectivity index (χ4v) is 3.93. The Labute approximate surface area is 149 Å². The lowest BCUT2D eigenvalue weighted by Gasteiger charge is -2.47. The van der Waals surface area contributed by atoms with Crippen LogP contribution in [0.5, 0.6) is 0 Å². The molecule has 2 aromatic carbocycles. The van der Waals surface area contributed by atoms with Gasteiger partial charge in [0.25, 0.3) is 5.91 Å². The van der Waals surface area contributed by atoms with Gasteiger partial charge in [0.15, 0.2) is 5.72 Å². The van der Waals surface area contributed by atoms with Crippen LogP contribution in [0.1, 0.15) is 25.0 Å². The molecule has 1 unspecified atom stereocenters. The van der Waals surface area contributed by atoms with Crippen LogP contribution < -0.4 is 5.01 Å². The van der Waals surface area contributed by atoms with Crippen molar-refractivity contribution in [2.75, 3.05) is 11.6 Å². The molecule has 4 nitrogen and oxygen atoms in total. The fraction of sp³-hybridized carbons (Fsp3) is 0.316. The van der Waals surface area contributed by atoms with Crippen molar-refractivity contribution in [3.8, 4) is 0 Å². The minimum Gasteiger partial charge on any atom is -0.365 e. The Morgan fingerprint density at radius 3 is 2.46 bits per heavy atom. The molecule has 1 amide bonds. The van der Waals surface area contributed by atoms with Crippen LogP contribution in [0.2, 0.25) is 0 Å². The summed E-state index contributed by atoms with van der Waals surface area (Å²) in [5.74, 6) is -0.0533. The topological polar surface area (TPSA) is 43.8 Å². The van der Waals surface area contributed by atoms with Crippen molar-refractivity contribution in [2.45, 2.75) is 26.0 Å². The van der Waals surface area contributed by atoms with Gasteiger partial charge in [0.05, 0.1) is 17.6 Å². The summed E-state index contributed by atoms with van der Waals surface area (Å²) in [6, 6.07) is 15.5. The lowest BCUT2D eigenvalue weighted by molar-refractivity contribution is -0.165. The minimum absolute atomic E-state index is 0.0533. The number of amides is 1. The normalized spacial score (nSPS) is 24.8. The second-order valence-electron chi connectivity index (χ2n) is 7.19. The van der Waals surface area contributed by atoms with Gasteiger partial charge in [-0.2, -0.15) is 0 Å². The smallest absolute Gasteiger partial charge is 0.251 e. The first-order valence-electron chi connectivity index (χ1n) is 8.01. The first-order chi connectivity index (χ1) is 11.3. The zero-order chi connectivity index (χ0) is 17.1. The number of hydrogen-bond donors (Lipinski definition) is 1. The lowest BCUT2D eigenvalue weighted by atomic mass is 9.90. The highest BCUT2D eigenvalue weighted by molar-refractivity contribution is 9.10. The molecule has 24 heavy (non-hydrogen) atoms. The summed E-state index contributed by atoms with van der Waals surface area (Å²) in [7, 11) is 0. The third kappa shape index (κ3) is 2.11. The first kappa shape index (κ1) is 15.7. The Bertz CT molecular complexity index is 818. The molecule has 2 aromatic rings. The molecule has 1 saturated heterocycles. The van der Waals surface area contributed by atoms with Crippen LogP contribution >= 0.6 is 15.9 Å². The summed E-state index contributed by atoms with van der Waals surface area (Å²) in [4.78, 5) is 13.0. The predicted octanol–water partition coefficient (Wildman–Crippen LogP) is 3.44. The zero-order valence-corrected chi connectivity index (χ0v) is 15.2. The molecule has 2 aliphatic heterocycles. The molecule has 124 valence electrons. The SMILES string of the molecule is CC1(C)CN2c3ccccc3CC(O)(c3ccc(Br)cc3)N2C1=O. The van der Waals surface area contributed by atoms with Gasteiger partial charge in [-0.05, 0) is 37.6 Å². The summed E-state index contributed by atoms with van der Waals surface area (Å²) in [5, 5.41) is 15.1. The quantitative estimate of drug-likeness (QED) is 0.816. The average molecular weight is 387 g/mol. The highest BCUT2D eigenvalue weighted by atomic mass is 79.9. The van der Waals surface area contributed by atoms with Crippen LogP contribution in [0.15, 0.2) is 53.0 Å². The maximum absolute atomic E-state index is 13.0. The predicted molar refractivity (Wildman–Crippen MR) is 96.2 cm³/mol. The molecule has 1 fully saturated rings. The summed E-state index contributed by atoms with van der Waals surface area (Å²) < 4.78 is 0.941. The number of benzene rings is 2. The fourth-order valence-electron chi connectivity index (χ4n) is 3.66. The highest BCUT2D eigenvalue weighted by Crippen LogP contribution is 2.47. The van der Waals surface area contributed by atoms with Crippen LogP contribution in [-0.2, 0) is 16.9 Å². The van der Waals surface area contributed by atoms with Crippen LogP contribution in [0.25, 0.3) is 0 Å². The van der Waals surface area contributed by atoms with Crippen LogP contribution in [0.4, 0.5) is 5.69 Å². The van der Waals surface area contributed by atoms with Crippen molar-refractivity contribution in [3.05, 3.63) is 64.1 Å².